The van der Waals surface area contributed by atoms with Crippen LogP contribution in [-0.2, 0) is 19.1 Å². The summed E-state index contributed by atoms with van der Waals surface area (Å²) in [5, 5.41) is 8.35. The number of hydrogen-bond acceptors (Lipinski definition) is 5. The zero-order chi connectivity index (χ0) is 14.8. The minimum Gasteiger partial charge on any atom is -0.481 e. The number of carbonyl (C=O) groups excluding carboxylic acids is 2. The van der Waals surface area contributed by atoms with Gasteiger partial charge in [0.1, 0.15) is 0 Å². The van der Waals surface area contributed by atoms with Gasteiger partial charge in [0.05, 0.1) is 12.8 Å². The van der Waals surface area contributed by atoms with E-state index in [1.54, 1.807) is 7.05 Å². The third-order valence-corrected chi connectivity index (χ3v) is 2.03. The van der Waals surface area contributed by atoms with Gasteiger partial charge in [-0.15, -0.1) is 0 Å². The summed E-state index contributed by atoms with van der Waals surface area (Å²) >= 11 is 0. The van der Waals surface area contributed by atoms with Gasteiger partial charge < -0.3 is 19.5 Å². The SMILES string of the molecule is CC(C)=CCN(C)C(=O)OCOC(=O)CCC(=O)O. The minimum atomic E-state index is -1.09. The summed E-state index contributed by atoms with van der Waals surface area (Å²) < 4.78 is 9.23. The van der Waals surface area contributed by atoms with Gasteiger partial charge in [-0.2, -0.15) is 0 Å². The van der Waals surface area contributed by atoms with Crippen LogP contribution in [0.4, 0.5) is 4.79 Å². The van der Waals surface area contributed by atoms with Crippen molar-refractivity contribution in [2.45, 2.75) is 26.7 Å². The molecule has 0 rings (SSSR count). The van der Waals surface area contributed by atoms with Crippen molar-refractivity contribution in [2.24, 2.45) is 0 Å². The summed E-state index contributed by atoms with van der Waals surface area (Å²) in [5.41, 5.74) is 1.07. The highest BCUT2D eigenvalue weighted by molar-refractivity contribution is 5.76. The van der Waals surface area contributed by atoms with Gasteiger partial charge >= 0.3 is 18.0 Å². The third kappa shape index (κ3) is 9.63. The summed E-state index contributed by atoms with van der Waals surface area (Å²) in [4.78, 5) is 33.9. The fourth-order valence-corrected chi connectivity index (χ4v) is 0.931. The molecule has 0 saturated heterocycles. The molecule has 1 amide bonds. The maximum atomic E-state index is 11.4. The average molecular weight is 273 g/mol. The molecule has 0 heterocycles. The number of amides is 1. The summed E-state index contributed by atoms with van der Waals surface area (Å²) in [7, 11) is 1.55. The molecule has 0 radical (unpaired) electrons. The lowest BCUT2D eigenvalue weighted by atomic mass is 10.3. The van der Waals surface area contributed by atoms with Gasteiger partial charge in [0.15, 0.2) is 0 Å². The molecule has 0 aliphatic carbocycles. The Morgan fingerprint density at radius 2 is 1.79 bits per heavy atom. The molecule has 0 aromatic heterocycles. The van der Waals surface area contributed by atoms with Crippen LogP contribution >= 0.6 is 0 Å². The van der Waals surface area contributed by atoms with E-state index in [2.05, 4.69) is 9.47 Å². The van der Waals surface area contributed by atoms with Crippen molar-refractivity contribution in [3.8, 4) is 0 Å². The quantitative estimate of drug-likeness (QED) is 0.428. The van der Waals surface area contributed by atoms with Crippen molar-refractivity contribution in [3.05, 3.63) is 11.6 Å². The Balaban J connectivity index is 3.81. The lowest BCUT2D eigenvalue weighted by Gasteiger charge is -2.15. The van der Waals surface area contributed by atoms with Gasteiger partial charge in [-0.05, 0) is 13.8 Å². The van der Waals surface area contributed by atoms with Crippen molar-refractivity contribution >= 4 is 18.0 Å². The summed E-state index contributed by atoms with van der Waals surface area (Å²) in [5.74, 6) is -1.81. The first-order valence-electron chi connectivity index (χ1n) is 5.71. The van der Waals surface area contributed by atoms with Gasteiger partial charge in [-0.1, -0.05) is 11.6 Å². The molecule has 0 unspecified atom stereocenters. The van der Waals surface area contributed by atoms with Gasteiger partial charge in [-0.3, -0.25) is 9.59 Å². The van der Waals surface area contributed by atoms with Crippen LogP contribution in [0.5, 0.6) is 0 Å². The van der Waals surface area contributed by atoms with E-state index < -0.39 is 24.8 Å². The van der Waals surface area contributed by atoms with Gasteiger partial charge in [0.25, 0.3) is 0 Å². The molecule has 0 atom stereocenters. The number of hydrogen-bond donors (Lipinski definition) is 1. The molecule has 0 aromatic carbocycles. The largest absolute Gasteiger partial charge is 0.481 e. The molecule has 0 spiro atoms. The molecule has 1 N–H and O–H groups in total. The molecule has 7 heteroatoms. The average Bonchev–Trinajstić information content (AvgIpc) is 2.33. The summed E-state index contributed by atoms with van der Waals surface area (Å²) in [6.45, 7) is 3.69. The van der Waals surface area contributed by atoms with Crippen LogP contribution in [0.1, 0.15) is 26.7 Å². The Kier molecular flexibility index (Phi) is 7.99. The highest BCUT2D eigenvalue weighted by Crippen LogP contribution is 1.97. The van der Waals surface area contributed by atoms with Gasteiger partial charge in [0, 0.05) is 13.6 Å². The maximum Gasteiger partial charge on any atom is 0.412 e. The number of nitrogens with zero attached hydrogens (tertiary/aromatic N) is 1. The van der Waals surface area contributed by atoms with E-state index in [1.807, 2.05) is 19.9 Å². The minimum absolute atomic E-state index is 0.250. The molecule has 0 aromatic rings. The number of carboxylic acid groups (broad SMARTS) is 1. The standard InChI is InChI=1S/C12H19NO6/c1-9(2)6-7-13(3)12(17)19-8-18-11(16)5-4-10(14)15/h6H,4-5,7-8H2,1-3H3,(H,14,15). The number of allylic oxidation sites excluding steroid dienone is 1. The molecule has 19 heavy (non-hydrogen) atoms. The maximum absolute atomic E-state index is 11.4. The zero-order valence-electron chi connectivity index (χ0n) is 11.3. The predicted molar refractivity (Wildman–Crippen MR) is 66.4 cm³/mol. The van der Waals surface area contributed by atoms with Crippen LogP contribution in [0.2, 0.25) is 0 Å². The van der Waals surface area contributed by atoms with Crippen LogP contribution in [0, 0.1) is 0 Å². The molecule has 0 aliphatic heterocycles. The van der Waals surface area contributed by atoms with Gasteiger partial charge in [-0.25, -0.2) is 4.79 Å². The van der Waals surface area contributed by atoms with E-state index in [-0.39, 0.29) is 12.8 Å². The monoisotopic (exact) mass is 273 g/mol. The molecule has 0 aliphatic rings. The number of rotatable bonds is 7. The van der Waals surface area contributed by atoms with E-state index in [0.29, 0.717) is 6.54 Å². The normalized spacial score (nSPS) is 9.42. The van der Waals surface area contributed by atoms with E-state index in [1.165, 1.54) is 4.90 Å². The van der Waals surface area contributed by atoms with Crippen LogP contribution in [0.15, 0.2) is 11.6 Å². The Morgan fingerprint density at radius 1 is 1.16 bits per heavy atom. The third-order valence-electron chi connectivity index (χ3n) is 2.03. The Labute approximate surface area is 111 Å². The fraction of sp³-hybridized carbons (Fsp3) is 0.583. The lowest BCUT2D eigenvalue weighted by molar-refractivity contribution is -0.154. The Morgan fingerprint density at radius 3 is 2.32 bits per heavy atom. The summed E-state index contributed by atoms with van der Waals surface area (Å²) in [6, 6.07) is 0. The number of carbonyl (C=O) groups is 3. The van der Waals surface area contributed by atoms with Crippen LogP contribution in [-0.4, -0.2) is 48.4 Å². The van der Waals surface area contributed by atoms with Crippen molar-refractivity contribution in [2.75, 3.05) is 20.4 Å². The number of carboxylic acids is 1. The molecule has 0 saturated carbocycles. The fourth-order valence-electron chi connectivity index (χ4n) is 0.931. The summed E-state index contributed by atoms with van der Waals surface area (Å²) in [6.07, 6.45) is 0.664. The second-order valence-electron chi connectivity index (χ2n) is 4.10. The first-order valence-corrected chi connectivity index (χ1v) is 5.71. The molecule has 7 nitrogen and oxygen atoms in total. The second-order valence-corrected chi connectivity index (χ2v) is 4.10. The zero-order valence-corrected chi connectivity index (χ0v) is 11.3. The molecule has 0 fully saturated rings. The topological polar surface area (TPSA) is 93.1 Å². The molecular weight excluding hydrogens is 254 g/mol. The van der Waals surface area contributed by atoms with E-state index >= 15 is 0 Å². The van der Waals surface area contributed by atoms with Crippen molar-refractivity contribution in [1.82, 2.24) is 4.90 Å². The van der Waals surface area contributed by atoms with Crippen molar-refractivity contribution < 1.29 is 29.0 Å². The van der Waals surface area contributed by atoms with E-state index in [0.717, 1.165) is 5.57 Å². The first-order chi connectivity index (χ1) is 8.82. The number of ether oxygens (including phenoxy) is 2. The van der Waals surface area contributed by atoms with Crippen LogP contribution < -0.4 is 0 Å². The Hall–Kier alpha value is -2.05. The molecule has 108 valence electrons. The smallest absolute Gasteiger partial charge is 0.412 e. The lowest BCUT2D eigenvalue weighted by Crippen LogP contribution is -2.28. The van der Waals surface area contributed by atoms with Crippen molar-refractivity contribution in [3.63, 3.8) is 0 Å². The van der Waals surface area contributed by atoms with Crippen molar-refractivity contribution in [1.29, 1.82) is 0 Å². The highest BCUT2D eigenvalue weighted by Gasteiger charge is 2.11. The van der Waals surface area contributed by atoms with Crippen LogP contribution in [0.3, 0.4) is 0 Å². The van der Waals surface area contributed by atoms with Gasteiger partial charge in [0.2, 0.25) is 6.79 Å². The number of esters is 1. The van der Waals surface area contributed by atoms with E-state index in [9.17, 15) is 14.4 Å². The molecular formula is C12H19NO6. The highest BCUT2D eigenvalue weighted by atomic mass is 16.7. The first kappa shape index (κ1) is 16.9. The van der Waals surface area contributed by atoms with Crippen LogP contribution in [0.25, 0.3) is 0 Å². The second kappa shape index (κ2) is 8.96. The number of aliphatic carboxylic acids is 1. The number of likely N-dealkylation sites (N-methyl/N-ethyl adjacent to an activating group) is 1. The Bertz CT molecular complexity index is 359. The van der Waals surface area contributed by atoms with E-state index in [4.69, 9.17) is 5.11 Å². The predicted octanol–water partition coefficient (Wildman–Crippen LogP) is 1.39. The molecule has 0 bridgehead atoms.